The van der Waals surface area contributed by atoms with E-state index in [0.29, 0.717) is 6.54 Å². The van der Waals surface area contributed by atoms with Crippen LogP contribution >= 0.6 is 0 Å². The summed E-state index contributed by atoms with van der Waals surface area (Å²) in [5.41, 5.74) is 8.51. The van der Waals surface area contributed by atoms with Crippen molar-refractivity contribution in [2.45, 2.75) is 32.4 Å². The van der Waals surface area contributed by atoms with Gasteiger partial charge in [0.25, 0.3) is 0 Å². The van der Waals surface area contributed by atoms with Crippen molar-refractivity contribution in [2.75, 3.05) is 13.1 Å². The predicted molar refractivity (Wildman–Crippen MR) is 71.0 cm³/mol. The minimum atomic E-state index is 0.546. The second kappa shape index (κ2) is 5.08. The Morgan fingerprint density at radius 1 is 1.22 bits per heavy atom. The van der Waals surface area contributed by atoms with E-state index in [4.69, 9.17) is 10.2 Å². The number of nitrogens with two attached hydrogens (primary N) is 1. The molecule has 1 aliphatic heterocycles. The van der Waals surface area contributed by atoms with Crippen LogP contribution in [0.1, 0.15) is 30.7 Å². The number of benzene rings is 1. The van der Waals surface area contributed by atoms with Gasteiger partial charge in [0.05, 0.1) is 6.54 Å². The van der Waals surface area contributed by atoms with Crippen LogP contribution in [0.3, 0.4) is 0 Å². The van der Waals surface area contributed by atoms with E-state index >= 15 is 0 Å². The van der Waals surface area contributed by atoms with Crippen molar-refractivity contribution in [2.24, 2.45) is 5.73 Å². The highest BCUT2D eigenvalue weighted by molar-refractivity contribution is 5.73. The quantitative estimate of drug-likeness (QED) is 0.901. The largest absolute Gasteiger partial charge is 0.439 e. The van der Waals surface area contributed by atoms with E-state index in [-0.39, 0.29) is 0 Å². The van der Waals surface area contributed by atoms with Crippen molar-refractivity contribution in [3.05, 3.63) is 29.7 Å². The van der Waals surface area contributed by atoms with Gasteiger partial charge in [-0.3, -0.25) is 4.90 Å². The monoisotopic (exact) mass is 245 g/mol. The highest BCUT2D eigenvalue weighted by Gasteiger charge is 2.14. The van der Waals surface area contributed by atoms with Gasteiger partial charge in [0.2, 0.25) is 5.89 Å². The third-order valence-electron chi connectivity index (χ3n) is 3.54. The normalized spacial score (nSPS) is 17.4. The van der Waals surface area contributed by atoms with Crippen molar-refractivity contribution in [1.82, 2.24) is 9.88 Å². The minimum absolute atomic E-state index is 0.546. The van der Waals surface area contributed by atoms with E-state index in [0.717, 1.165) is 42.2 Å². The average molecular weight is 245 g/mol. The number of oxazole rings is 1. The fourth-order valence-corrected chi connectivity index (χ4v) is 2.52. The summed E-state index contributed by atoms with van der Waals surface area (Å²) in [7, 11) is 0. The maximum atomic E-state index is 5.78. The molecular formula is C14H19N3O. The molecule has 3 rings (SSSR count). The standard InChI is InChI=1S/C14H19N3O/c15-9-11-4-5-13-12(8-11)16-14(18-13)10-17-6-2-1-3-7-17/h4-5,8H,1-3,6-7,9-10,15H2. The van der Waals surface area contributed by atoms with Crippen LogP contribution in [0.5, 0.6) is 0 Å². The summed E-state index contributed by atoms with van der Waals surface area (Å²) < 4.78 is 5.78. The Kier molecular flexibility index (Phi) is 3.30. The third kappa shape index (κ3) is 2.40. The van der Waals surface area contributed by atoms with Gasteiger partial charge in [-0.15, -0.1) is 0 Å². The second-order valence-corrected chi connectivity index (χ2v) is 4.95. The molecule has 2 aromatic rings. The molecule has 2 N–H and O–H groups in total. The molecule has 96 valence electrons. The number of fused-ring (bicyclic) bond motifs is 1. The van der Waals surface area contributed by atoms with Crippen LogP contribution in [0, 0.1) is 0 Å². The van der Waals surface area contributed by atoms with Crippen molar-refractivity contribution in [1.29, 1.82) is 0 Å². The molecule has 1 aromatic heterocycles. The summed E-state index contributed by atoms with van der Waals surface area (Å²) in [6.45, 7) is 3.69. The summed E-state index contributed by atoms with van der Waals surface area (Å²) in [5, 5.41) is 0. The lowest BCUT2D eigenvalue weighted by atomic mass is 10.1. The smallest absolute Gasteiger partial charge is 0.209 e. The van der Waals surface area contributed by atoms with Gasteiger partial charge in [-0.1, -0.05) is 12.5 Å². The molecule has 2 heterocycles. The SMILES string of the molecule is NCc1ccc2oc(CN3CCCCC3)nc2c1. The van der Waals surface area contributed by atoms with Crippen LogP contribution in [0.25, 0.3) is 11.1 Å². The zero-order chi connectivity index (χ0) is 12.4. The van der Waals surface area contributed by atoms with Gasteiger partial charge >= 0.3 is 0 Å². The fraction of sp³-hybridized carbons (Fsp3) is 0.500. The van der Waals surface area contributed by atoms with Crippen LogP contribution in [-0.4, -0.2) is 23.0 Å². The Morgan fingerprint density at radius 2 is 2.06 bits per heavy atom. The Balaban J connectivity index is 1.79. The highest BCUT2D eigenvalue weighted by atomic mass is 16.3. The van der Waals surface area contributed by atoms with Crippen molar-refractivity contribution >= 4 is 11.1 Å². The molecule has 1 aliphatic rings. The van der Waals surface area contributed by atoms with Crippen LogP contribution < -0.4 is 5.73 Å². The zero-order valence-corrected chi connectivity index (χ0v) is 10.6. The maximum absolute atomic E-state index is 5.78. The summed E-state index contributed by atoms with van der Waals surface area (Å²) in [5.74, 6) is 0.820. The summed E-state index contributed by atoms with van der Waals surface area (Å²) in [4.78, 5) is 6.97. The first-order chi connectivity index (χ1) is 8.85. The minimum Gasteiger partial charge on any atom is -0.439 e. The molecule has 0 bridgehead atoms. The summed E-state index contributed by atoms with van der Waals surface area (Å²) in [6, 6.07) is 5.97. The van der Waals surface area contributed by atoms with Crippen LogP contribution in [0.2, 0.25) is 0 Å². The molecule has 0 spiro atoms. The molecule has 0 radical (unpaired) electrons. The Hall–Kier alpha value is -1.39. The van der Waals surface area contributed by atoms with Crippen LogP contribution in [0.15, 0.2) is 22.6 Å². The molecular weight excluding hydrogens is 226 g/mol. The van der Waals surface area contributed by atoms with Gasteiger partial charge in [-0.25, -0.2) is 4.98 Å². The van der Waals surface area contributed by atoms with E-state index in [9.17, 15) is 0 Å². The van der Waals surface area contributed by atoms with Gasteiger partial charge in [0.1, 0.15) is 5.52 Å². The lowest BCUT2D eigenvalue weighted by Crippen LogP contribution is -2.29. The van der Waals surface area contributed by atoms with Crippen molar-refractivity contribution in [3.8, 4) is 0 Å². The molecule has 0 unspecified atom stereocenters. The van der Waals surface area contributed by atoms with Gasteiger partial charge in [-0.05, 0) is 43.6 Å². The maximum Gasteiger partial charge on any atom is 0.209 e. The first-order valence-corrected chi connectivity index (χ1v) is 6.66. The van der Waals surface area contributed by atoms with Crippen LogP contribution in [0.4, 0.5) is 0 Å². The predicted octanol–water partition coefficient (Wildman–Crippen LogP) is 2.27. The number of piperidine rings is 1. The zero-order valence-electron chi connectivity index (χ0n) is 10.6. The number of nitrogens with zero attached hydrogens (tertiary/aromatic N) is 2. The fourth-order valence-electron chi connectivity index (χ4n) is 2.52. The number of hydrogen-bond acceptors (Lipinski definition) is 4. The Bertz CT molecular complexity index is 529. The third-order valence-corrected chi connectivity index (χ3v) is 3.54. The molecule has 4 heteroatoms. The molecule has 4 nitrogen and oxygen atoms in total. The molecule has 1 saturated heterocycles. The molecule has 18 heavy (non-hydrogen) atoms. The van der Waals surface area contributed by atoms with Gasteiger partial charge < -0.3 is 10.2 Å². The van der Waals surface area contributed by atoms with E-state index in [1.165, 1.54) is 19.3 Å². The van der Waals surface area contributed by atoms with Gasteiger partial charge in [0, 0.05) is 6.54 Å². The van der Waals surface area contributed by atoms with E-state index in [1.54, 1.807) is 0 Å². The second-order valence-electron chi connectivity index (χ2n) is 4.95. The Labute approximate surface area is 107 Å². The van der Waals surface area contributed by atoms with E-state index in [1.807, 2.05) is 18.2 Å². The lowest BCUT2D eigenvalue weighted by Gasteiger charge is -2.24. The van der Waals surface area contributed by atoms with Crippen molar-refractivity contribution < 1.29 is 4.42 Å². The van der Waals surface area contributed by atoms with Gasteiger partial charge in [-0.2, -0.15) is 0 Å². The molecule has 0 aliphatic carbocycles. The molecule has 1 aromatic carbocycles. The summed E-state index contributed by atoms with van der Waals surface area (Å²) in [6.07, 6.45) is 3.93. The van der Waals surface area contributed by atoms with Crippen molar-refractivity contribution in [3.63, 3.8) is 0 Å². The van der Waals surface area contributed by atoms with Crippen LogP contribution in [-0.2, 0) is 13.1 Å². The molecule has 0 atom stereocenters. The number of likely N-dealkylation sites (tertiary alicyclic amines) is 1. The van der Waals surface area contributed by atoms with E-state index in [2.05, 4.69) is 9.88 Å². The highest BCUT2D eigenvalue weighted by Crippen LogP contribution is 2.19. The molecule has 0 amide bonds. The first kappa shape index (κ1) is 11.7. The van der Waals surface area contributed by atoms with E-state index < -0.39 is 0 Å². The number of rotatable bonds is 3. The number of aromatic nitrogens is 1. The first-order valence-electron chi connectivity index (χ1n) is 6.66. The Morgan fingerprint density at radius 3 is 2.83 bits per heavy atom. The number of hydrogen-bond donors (Lipinski definition) is 1. The average Bonchev–Trinajstić information content (AvgIpc) is 2.80. The lowest BCUT2D eigenvalue weighted by molar-refractivity contribution is 0.203. The van der Waals surface area contributed by atoms with Gasteiger partial charge in [0.15, 0.2) is 5.58 Å². The molecule has 0 saturated carbocycles. The summed E-state index contributed by atoms with van der Waals surface area (Å²) >= 11 is 0. The topological polar surface area (TPSA) is 55.3 Å². The molecule has 1 fully saturated rings.